The molecule has 1 aromatic rings. The lowest BCUT2D eigenvalue weighted by molar-refractivity contribution is -0.159. The van der Waals surface area contributed by atoms with Gasteiger partial charge in [0.05, 0.1) is 17.9 Å². The smallest absolute Gasteiger partial charge is 0.312 e. The quantitative estimate of drug-likeness (QED) is 0.728. The van der Waals surface area contributed by atoms with Crippen molar-refractivity contribution in [3.63, 3.8) is 0 Å². The zero-order chi connectivity index (χ0) is 14.6. The van der Waals surface area contributed by atoms with Crippen molar-refractivity contribution in [2.75, 3.05) is 0 Å². The van der Waals surface area contributed by atoms with Crippen molar-refractivity contribution in [2.24, 2.45) is 5.41 Å². The van der Waals surface area contributed by atoms with Gasteiger partial charge in [0, 0.05) is 0 Å². The Bertz CT molecular complexity index is 456. The van der Waals surface area contributed by atoms with Gasteiger partial charge in [-0.15, -0.1) is 0 Å². The van der Waals surface area contributed by atoms with Crippen LogP contribution in [0.4, 0.5) is 0 Å². The molecule has 0 aliphatic rings. The van der Waals surface area contributed by atoms with E-state index >= 15 is 0 Å². The summed E-state index contributed by atoms with van der Waals surface area (Å²) in [5.41, 5.74) is -0.809. The number of aliphatic hydroxyl groups is 1. The van der Waals surface area contributed by atoms with E-state index in [9.17, 15) is 19.8 Å². The lowest BCUT2D eigenvalue weighted by Crippen LogP contribution is -2.45. The SMILES string of the molecule is C[C@H](c1ccccc1)C(C)(C(=O)O)[C@H](O)CC(=O)O. The monoisotopic (exact) mass is 266 g/mol. The number of carbonyl (C=O) groups is 2. The molecule has 3 atom stereocenters. The molecule has 1 aromatic carbocycles. The van der Waals surface area contributed by atoms with Gasteiger partial charge in [0.1, 0.15) is 0 Å². The first-order valence-electron chi connectivity index (χ1n) is 5.98. The van der Waals surface area contributed by atoms with Crippen molar-refractivity contribution in [2.45, 2.75) is 32.3 Å². The molecule has 104 valence electrons. The predicted octanol–water partition coefficient (Wildman–Crippen LogP) is 1.72. The van der Waals surface area contributed by atoms with Crippen molar-refractivity contribution >= 4 is 11.9 Å². The molecule has 5 nitrogen and oxygen atoms in total. The lowest BCUT2D eigenvalue weighted by atomic mass is 9.69. The molecule has 0 aromatic heterocycles. The first kappa shape index (κ1) is 15.2. The number of aliphatic carboxylic acids is 2. The Hall–Kier alpha value is -1.88. The van der Waals surface area contributed by atoms with Crippen LogP contribution in [0.2, 0.25) is 0 Å². The van der Waals surface area contributed by atoms with E-state index in [-0.39, 0.29) is 0 Å². The molecule has 1 rings (SSSR count). The zero-order valence-corrected chi connectivity index (χ0v) is 10.9. The number of hydrogen-bond donors (Lipinski definition) is 3. The van der Waals surface area contributed by atoms with Crippen LogP contribution >= 0.6 is 0 Å². The van der Waals surface area contributed by atoms with Gasteiger partial charge in [-0.1, -0.05) is 37.3 Å². The normalized spacial score (nSPS) is 17.2. The van der Waals surface area contributed by atoms with Gasteiger partial charge in [-0.2, -0.15) is 0 Å². The minimum absolute atomic E-state index is 0.513. The Morgan fingerprint density at radius 1 is 1.21 bits per heavy atom. The summed E-state index contributed by atoms with van der Waals surface area (Å²) in [5.74, 6) is -2.95. The van der Waals surface area contributed by atoms with E-state index in [1.165, 1.54) is 6.92 Å². The van der Waals surface area contributed by atoms with Crippen molar-refractivity contribution < 1.29 is 24.9 Å². The van der Waals surface area contributed by atoms with E-state index in [2.05, 4.69) is 0 Å². The highest BCUT2D eigenvalue weighted by Crippen LogP contribution is 2.40. The summed E-state index contributed by atoms with van der Waals surface area (Å²) in [5, 5.41) is 28.1. The molecule has 0 aliphatic carbocycles. The van der Waals surface area contributed by atoms with E-state index in [4.69, 9.17) is 5.11 Å². The maximum Gasteiger partial charge on any atom is 0.312 e. The average Bonchev–Trinajstić information content (AvgIpc) is 2.36. The van der Waals surface area contributed by atoms with Crippen molar-refractivity contribution in [1.82, 2.24) is 0 Å². The summed E-state index contributed by atoms with van der Waals surface area (Å²) in [7, 11) is 0. The third kappa shape index (κ3) is 3.12. The third-order valence-corrected chi connectivity index (χ3v) is 3.72. The second-order valence-electron chi connectivity index (χ2n) is 4.83. The molecule has 1 unspecified atom stereocenters. The molecule has 0 aliphatic heterocycles. The van der Waals surface area contributed by atoms with E-state index in [1.807, 2.05) is 6.07 Å². The number of rotatable bonds is 6. The minimum atomic E-state index is -1.56. The highest BCUT2D eigenvalue weighted by atomic mass is 16.4. The fraction of sp³-hybridized carbons (Fsp3) is 0.429. The number of hydrogen-bond acceptors (Lipinski definition) is 3. The molecule has 0 fully saturated rings. The maximum atomic E-state index is 11.5. The van der Waals surface area contributed by atoms with Crippen molar-refractivity contribution in [1.29, 1.82) is 0 Å². The molecule has 0 radical (unpaired) electrons. The minimum Gasteiger partial charge on any atom is -0.481 e. The maximum absolute atomic E-state index is 11.5. The highest BCUT2D eigenvalue weighted by molar-refractivity contribution is 5.78. The topological polar surface area (TPSA) is 94.8 Å². The van der Waals surface area contributed by atoms with Crippen molar-refractivity contribution in [3.05, 3.63) is 35.9 Å². The first-order chi connectivity index (χ1) is 8.80. The molecular weight excluding hydrogens is 248 g/mol. The van der Waals surface area contributed by atoms with Gasteiger partial charge in [-0.05, 0) is 18.4 Å². The molecule has 19 heavy (non-hydrogen) atoms. The number of carboxylic acid groups (broad SMARTS) is 2. The van der Waals surface area contributed by atoms with Gasteiger partial charge < -0.3 is 15.3 Å². The van der Waals surface area contributed by atoms with E-state index in [1.54, 1.807) is 31.2 Å². The van der Waals surface area contributed by atoms with Gasteiger partial charge in [0.2, 0.25) is 0 Å². The van der Waals surface area contributed by atoms with E-state index < -0.39 is 35.8 Å². The first-order valence-corrected chi connectivity index (χ1v) is 5.98. The molecule has 5 heteroatoms. The third-order valence-electron chi connectivity index (χ3n) is 3.72. The van der Waals surface area contributed by atoms with E-state index in [0.29, 0.717) is 0 Å². The summed E-state index contributed by atoms with van der Waals surface area (Å²) >= 11 is 0. The van der Waals surface area contributed by atoms with Crippen molar-refractivity contribution in [3.8, 4) is 0 Å². The molecule has 3 N–H and O–H groups in total. The fourth-order valence-electron chi connectivity index (χ4n) is 2.08. The molecule has 0 bridgehead atoms. The summed E-state index contributed by atoms with van der Waals surface area (Å²) in [6.07, 6.45) is -2.06. The van der Waals surface area contributed by atoms with Crippen LogP contribution in [0.3, 0.4) is 0 Å². The number of benzene rings is 1. The average molecular weight is 266 g/mol. The van der Waals surface area contributed by atoms with Crippen LogP contribution in [0, 0.1) is 5.41 Å². The van der Waals surface area contributed by atoms with Crippen LogP contribution in [0.25, 0.3) is 0 Å². The van der Waals surface area contributed by atoms with Gasteiger partial charge >= 0.3 is 11.9 Å². The van der Waals surface area contributed by atoms with Crippen LogP contribution < -0.4 is 0 Å². The largest absolute Gasteiger partial charge is 0.481 e. The Labute approximate surface area is 111 Å². The van der Waals surface area contributed by atoms with Crippen LogP contribution in [-0.2, 0) is 9.59 Å². The zero-order valence-electron chi connectivity index (χ0n) is 10.9. The predicted molar refractivity (Wildman–Crippen MR) is 68.9 cm³/mol. The molecule has 0 amide bonds. The molecule has 0 saturated carbocycles. The Morgan fingerprint density at radius 3 is 2.16 bits per heavy atom. The second kappa shape index (κ2) is 5.84. The summed E-state index contributed by atoms with van der Waals surface area (Å²) in [6, 6.07) is 8.88. The molecule has 0 spiro atoms. The number of carboxylic acids is 2. The molecule has 0 heterocycles. The van der Waals surface area contributed by atoms with E-state index in [0.717, 1.165) is 5.56 Å². The lowest BCUT2D eigenvalue weighted by Gasteiger charge is -2.35. The van der Waals surface area contributed by atoms with Gasteiger partial charge in [0.25, 0.3) is 0 Å². The molecular formula is C14H18O5. The summed E-state index contributed by atoms with van der Waals surface area (Å²) in [6.45, 7) is 3.05. The number of aliphatic hydroxyl groups excluding tert-OH is 1. The van der Waals surface area contributed by atoms with Crippen LogP contribution in [0.1, 0.15) is 31.7 Å². The Morgan fingerprint density at radius 2 is 1.74 bits per heavy atom. The van der Waals surface area contributed by atoms with Gasteiger partial charge in [-0.25, -0.2) is 0 Å². The second-order valence-corrected chi connectivity index (χ2v) is 4.83. The van der Waals surface area contributed by atoms with Gasteiger partial charge in [0.15, 0.2) is 0 Å². The highest BCUT2D eigenvalue weighted by Gasteiger charge is 2.46. The summed E-state index contributed by atoms with van der Waals surface area (Å²) in [4.78, 5) is 22.2. The Balaban J connectivity index is 3.12. The summed E-state index contributed by atoms with van der Waals surface area (Å²) < 4.78 is 0. The molecule has 0 saturated heterocycles. The standard InChI is InChI=1S/C14H18O5/c1-9(10-6-4-3-5-7-10)14(2,13(18)19)11(15)8-12(16)17/h3-7,9,11,15H,8H2,1-2H3,(H,16,17)(H,18,19)/t9-,11-,14?/m1/s1. The van der Waals surface area contributed by atoms with Crippen LogP contribution in [-0.4, -0.2) is 33.4 Å². The fourth-order valence-corrected chi connectivity index (χ4v) is 2.08. The van der Waals surface area contributed by atoms with Crippen LogP contribution in [0.15, 0.2) is 30.3 Å². The van der Waals surface area contributed by atoms with Gasteiger partial charge in [-0.3, -0.25) is 9.59 Å². The van der Waals surface area contributed by atoms with Crippen LogP contribution in [0.5, 0.6) is 0 Å². The Kier molecular flexibility index (Phi) is 4.67.